The second-order valence-electron chi connectivity index (χ2n) is 6.70. The van der Waals surface area contributed by atoms with Crippen LogP contribution >= 0.6 is 0 Å². The lowest BCUT2D eigenvalue weighted by Gasteiger charge is -2.12. The van der Waals surface area contributed by atoms with Gasteiger partial charge >= 0.3 is 5.97 Å². The number of carbonyl (C=O) groups is 3. The SMILES string of the molecule is Cc1cnc(C(=O)OCC(=O)Nc2ccccc2C(=O)NCCc2ccccc2)cn1. The van der Waals surface area contributed by atoms with Crippen molar-refractivity contribution in [3.63, 3.8) is 0 Å². The minimum Gasteiger partial charge on any atom is -0.451 e. The summed E-state index contributed by atoms with van der Waals surface area (Å²) in [6.45, 7) is 1.68. The first-order valence-corrected chi connectivity index (χ1v) is 9.69. The third-order valence-electron chi connectivity index (χ3n) is 4.31. The molecule has 2 aromatic carbocycles. The molecule has 158 valence electrons. The van der Waals surface area contributed by atoms with Gasteiger partial charge in [0, 0.05) is 12.7 Å². The van der Waals surface area contributed by atoms with Crippen molar-refractivity contribution in [3.8, 4) is 0 Å². The van der Waals surface area contributed by atoms with Gasteiger partial charge in [-0.2, -0.15) is 0 Å². The lowest BCUT2D eigenvalue weighted by Crippen LogP contribution is -2.28. The highest BCUT2D eigenvalue weighted by molar-refractivity contribution is 6.04. The number of nitrogens with one attached hydrogen (secondary N) is 2. The van der Waals surface area contributed by atoms with Crippen LogP contribution in [0, 0.1) is 6.92 Å². The third-order valence-corrected chi connectivity index (χ3v) is 4.31. The van der Waals surface area contributed by atoms with E-state index in [1.54, 1.807) is 31.2 Å². The number of esters is 1. The van der Waals surface area contributed by atoms with Gasteiger partial charge in [0.05, 0.1) is 23.1 Å². The zero-order valence-corrected chi connectivity index (χ0v) is 17.0. The Morgan fingerprint density at radius 3 is 2.42 bits per heavy atom. The molecule has 0 spiro atoms. The summed E-state index contributed by atoms with van der Waals surface area (Å²) in [5.74, 6) is -1.63. The number of benzene rings is 2. The molecule has 2 N–H and O–H groups in total. The average Bonchev–Trinajstić information content (AvgIpc) is 2.79. The summed E-state index contributed by atoms with van der Waals surface area (Å²) in [4.78, 5) is 44.6. The van der Waals surface area contributed by atoms with E-state index in [1.807, 2.05) is 30.3 Å². The van der Waals surface area contributed by atoms with Crippen LogP contribution in [0.3, 0.4) is 0 Å². The molecule has 0 radical (unpaired) electrons. The maximum atomic E-state index is 12.6. The van der Waals surface area contributed by atoms with Crippen molar-refractivity contribution in [2.45, 2.75) is 13.3 Å². The topological polar surface area (TPSA) is 110 Å². The Hall–Kier alpha value is -4.07. The smallest absolute Gasteiger partial charge is 0.359 e. The Morgan fingerprint density at radius 1 is 0.935 bits per heavy atom. The van der Waals surface area contributed by atoms with Crippen LogP contribution in [-0.4, -0.2) is 40.9 Å². The van der Waals surface area contributed by atoms with Crippen LogP contribution in [0.1, 0.15) is 32.1 Å². The van der Waals surface area contributed by atoms with E-state index < -0.39 is 18.5 Å². The number of anilines is 1. The van der Waals surface area contributed by atoms with E-state index in [0.717, 1.165) is 5.56 Å². The molecule has 0 saturated carbocycles. The molecular formula is C23H22N4O4. The van der Waals surface area contributed by atoms with E-state index in [0.29, 0.717) is 29.9 Å². The van der Waals surface area contributed by atoms with Crippen LogP contribution < -0.4 is 10.6 Å². The van der Waals surface area contributed by atoms with E-state index in [9.17, 15) is 14.4 Å². The van der Waals surface area contributed by atoms with Crippen molar-refractivity contribution < 1.29 is 19.1 Å². The van der Waals surface area contributed by atoms with Gasteiger partial charge in [0.1, 0.15) is 0 Å². The highest BCUT2D eigenvalue weighted by atomic mass is 16.5. The van der Waals surface area contributed by atoms with Crippen molar-refractivity contribution in [1.82, 2.24) is 15.3 Å². The lowest BCUT2D eigenvalue weighted by atomic mass is 10.1. The van der Waals surface area contributed by atoms with Crippen LogP contribution in [0.4, 0.5) is 5.69 Å². The monoisotopic (exact) mass is 418 g/mol. The summed E-state index contributed by atoms with van der Waals surface area (Å²) in [5.41, 5.74) is 2.43. The molecule has 1 aromatic heterocycles. The number of carbonyl (C=O) groups excluding carboxylic acids is 3. The Labute approximate surface area is 179 Å². The first-order valence-electron chi connectivity index (χ1n) is 9.69. The number of hydrogen-bond donors (Lipinski definition) is 2. The van der Waals surface area contributed by atoms with Crippen molar-refractivity contribution in [1.29, 1.82) is 0 Å². The lowest BCUT2D eigenvalue weighted by molar-refractivity contribution is -0.119. The van der Waals surface area contributed by atoms with Gasteiger partial charge in [-0.05, 0) is 31.0 Å². The Morgan fingerprint density at radius 2 is 1.68 bits per heavy atom. The maximum absolute atomic E-state index is 12.6. The predicted molar refractivity (Wildman–Crippen MR) is 115 cm³/mol. The van der Waals surface area contributed by atoms with Crippen LogP contribution in [0.2, 0.25) is 0 Å². The summed E-state index contributed by atoms with van der Waals surface area (Å²) in [6.07, 6.45) is 3.41. The number of nitrogens with zero attached hydrogens (tertiary/aromatic N) is 2. The van der Waals surface area contributed by atoms with Gasteiger partial charge in [-0.25, -0.2) is 9.78 Å². The molecule has 31 heavy (non-hydrogen) atoms. The summed E-state index contributed by atoms with van der Waals surface area (Å²) in [6, 6.07) is 16.4. The summed E-state index contributed by atoms with van der Waals surface area (Å²) >= 11 is 0. The average molecular weight is 418 g/mol. The molecule has 3 rings (SSSR count). The Bertz CT molecular complexity index is 1050. The van der Waals surface area contributed by atoms with Crippen molar-refractivity contribution >= 4 is 23.5 Å². The van der Waals surface area contributed by atoms with E-state index in [4.69, 9.17) is 4.74 Å². The number of amides is 2. The molecule has 0 aliphatic heterocycles. The second-order valence-corrected chi connectivity index (χ2v) is 6.70. The molecule has 0 bridgehead atoms. The molecule has 1 heterocycles. The molecule has 8 heteroatoms. The van der Waals surface area contributed by atoms with E-state index in [1.165, 1.54) is 12.4 Å². The zero-order chi connectivity index (χ0) is 22.1. The summed E-state index contributed by atoms with van der Waals surface area (Å²) in [5, 5.41) is 5.45. The quantitative estimate of drug-likeness (QED) is 0.544. The maximum Gasteiger partial charge on any atom is 0.359 e. The highest BCUT2D eigenvalue weighted by Gasteiger charge is 2.15. The van der Waals surface area contributed by atoms with Gasteiger partial charge in [0.2, 0.25) is 0 Å². The predicted octanol–water partition coefficient (Wildman–Crippen LogP) is 2.55. The largest absolute Gasteiger partial charge is 0.451 e. The van der Waals surface area contributed by atoms with Gasteiger partial charge in [-0.15, -0.1) is 0 Å². The molecule has 2 amide bonds. The fourth-order valence-electron chi connectivity index (χ4n) is 2.74. The van der Waals surface area contributed by atoms with Gasteiger partial charge in [0.25, 0.3) is 11.8 Å². The molecule has 0 aliphatic rings. The van der Waals surface area contributed by atoms with Crippen LogP contribution in [0.5, 0.6) is 0 Å². The van der Waals surface area contributed by atoms with Crippen LogP contribution in [0.15, 0.2) is 67.0 Å². The second kappa shape index (κ2) is 10.6. The number of aromatic nitrogens is 2. The normalized spacial score (nSPS) is 10.2. The molecule has 0 saturated heterocycles. The number of aryl methyl sites for hydroxylation is 1. The van der Waals surface area contributed by atoms with E-state index >= 15 is 0 Å². The van der Waals surface area contributed by atoms with Gasteiger partial charge < -0.3 is 15.4 Å². The fraction of sp³-hybridized carbons (Fsp3) is 0.174. The van der Waals surface area contributed by atoms with Crippen molar-refractivity contribution in [2.75, 3.05) is 18.5 Å². The van der Waals surface area contributed by atoms with E-state index in [-0.39, 0.29) is 11.6 Å². The number of ether oxygens (including phenoxy) is 1. The standard InChI is InChI=1S/C23H22N4O4/c1-16-13-26-20(14-25-16)23(30)31-15-21(28)27-19-10-6-5-9-18(19)22(29)24-12-11-17-7-3-2-4-8-17/h2-10,13-14H,11-12,15H2,1H3,(H,24,29)(H,27,28). The Kier molecular flexibility index (Phi) is 7.42. The number of hydrogen-bond acceptors (Lipinski definition) is 6. The molecular weight excluding hydrogens is 396 g/mol. The highest BCUT2D eigenvalue weighted by Crippen LogP contribution is 2.15. The number of para-hydroxylation sites is 1. The molecule has 0 unspecified atom stereocenters. The molecule has 8 nitrogen and oxygen atoms in total. The summed E-state index contributed by atoms with van der Waals surface area (Å²) < 4.78 is 4.96. The minimum atomic E-state index is -0.755. The first-order chi connectivity index (χ1) is 15.0. The van der Waals surface area contributed by atoms with Crippen molar-refractivity contribution in [2.24, 2.45) is 0 Å². The minimum absolute atomic E-state index is 0.0107. The molecule has 0 fully saturated rings. The van der Waals surface area contributed by atoms with Crippen LogP contribution in [-0.2, 0) is 16.0 Å². The zero-order valence-electron chi connectivity index (χ0n) is 17.0. The summed E-state index contributed by atoms with van der Waals surface area (Å²) in [7, 11) is 0. The van der Waals surface area contributed by atoms with Gasteiger partial charge in [0.15, 0.2) is 12.3 Å². The molecule has 0 aliphatic carbocycles. The van der Waals surface area contributed by atoms with Gasteiger partial charge in [-0.1, -0.05) is 42.5 Å². The molecule has 0 atom stereocenters. The first kappa shape index (κ1) is 21.6. The van der Waals surface area contributed by atoms with Crippen molar-refractivity contribution in [3.05, 3.63) is 89.5 Å². The number of rotatable bonds is 8. The fourth-order valence-corrected chi connectivity index (χ4v) is 2.74. The van der Waals surface area contributed by atoms with Gasteiger partial charge in [-0.3, -0.25) is 14.6 Å². The molecule has 3 aromatic rings. The third kappa shape index (κ3) is 6.46. The van der Waals surface area contributed by atoms with Crippen LogP contribution in [0.25, 0.3) is 0 Å². The van der Waals surface area contributed by atoms with E-state index in [2.05, 4.69) is 20.6 Å². The Balaban J connectivity index is 1.53.